The summed E-state index contributed by atoms with van der Waals surface area (Å²) in [6, 6.07) is 0. The Morgan fingerprint density at radius 3 is 2.33 bits per heavy atom. The molecule has 0 spiro atoms. The summed E-state index contributed by atoms with van der Waals surface area (Å²) in [5.74, 6) is 0.523. The number of aromatic nitrogens is 2. The number of thiol groups is 1. The summed E-state index contributed by atoms with van der Waals surface area (Å²) in [5.41, 5.74) is 0. The highest BCUT2D eigenvalue weighted by Gasteiger charge is 2.20. The molecule has 6 heteroatoms. The van der Waals surface area contributed by atoms with E-state index in [0.29, 0.717) is 5.95 Å². The van der Waals surface area contributed by atoms with Crippen LogP contribution in [0, 0.1) is 0 Å². The van der Waals surface area contributed by atoms with Crippen molar-refractivity contribution in [1.29, 1.82) is 0 Å². The van der Waals surface area contributed by atoms with Crippen LogP contribution in [0.3, 0.4) is 0 Å². The molecule has 0 unspecified atom stereocenters. The lowest BCUT2D eigenvalue weighted by Crippen LogP contribution is -2.37. The molecule has 0 saturated carbocycles. The number of quaternary nitrogens is 1. The maximum Gasteiger partial charge on any atom is 0.342 e. The van der Waals surface area contributed by atoms with Crippen LogP contribution in [0.15, 0.2) is 16.9 Å². The molecule has 12 heavy (non-hydrogen) atoms. The minimum Gasteiger partial charge on any atom is -0.200 e. The van der Waals surface area contributed by atoms with Crippen LogP contribution in [0.25, 0.3) is 0 Å². The Labute approximate surface area is 83.0 Å². The Morgan fingerprint density at radius 1 is 1.42 bits per heavy atom. The molecule has 0 saturated heterocycles. The van der Waals surface area contributed by atoms with Crippen molar-refractivity contribution in [3.8, 4) is 0 Å². The van der Waals surface area contributed by atoms with Crippen LogP contribution in [0.1, 0.15) is 0 Å². The molecule has 1 rings (SSSR count). The maximum atomic E-state index is 10.7. The van der Waals surface area contributed by atoms with Crippen LogP contribution in [0.2, 0.25) is 0 Å². The Hall–Kier alpha value is -0.330. The molecule has 1 heterocycles. The lowest BCUT2D eigenvalue weighted by molar-refractivity contribution is 0.579. The molecule has 0 bridgehead atoms. The third-order valence-corrected chi connectivity index (χ3v) is 2.30. The highest BCUT2D eigenvalue weighted by molar-refractivity contribution is 9.10. The van der Waals surface area contributed by atoms with Crippen LogP contribution in [0.4, 0.5) is 5.95 Å². The molecule has 1 aromatic rings. The minimum atomic E-state index is -0.0304. The molecule has 0 aliphatic heterocycles. The first-order chi connectivity index (χ1) is 5.56. The second kappa shape index (κ2) is 3.59. The van der Waals surface area contributed by atoms with Gasteiger partial charge in [-0.2, -0.15) is 13.9 Å². The molecule has 1 aromatic heterocycles. The highest BCUT2D eigenvalue weighted by atomic mass is 79.9. The van der Waals surface area contributed by atoms with Crippen molar-refractivity contribution in [1.82, 2.24) is 13.9 Å². The van der Waals surface area contributed by atoms with Crippen molar-refractivity contribution < 1.29 is 4.21 Å². The third-order valence-electron chi connectivity index (χ3n) is 1.30. The van der Waals surface area contributed by atoms with E-state index in [1.165, 1.54) is 0 Å². The SMILES string of the molecule is C[N+](C)([SH]=O)c1ncc(Br)cn1. The second-order valence-electron chi connectivity index (χ2n) is 2.68. The molecule has 0 N–H and O–H groups in total. The topological polar surface area (TPSA) is 42.9 Å². The van der Waals surface area contributed by atoms with Gasteiger partial charge in [0.2, 0.25) is 11.9 Å². The van der Waals surface area contributed by atoms with Crippen molar-refractivity contribution in [3.05, 3.63) is 16.9 Å². The predicted octanol–water partition coefficient (Wildman–Crippen LogP) is 0.666. The minimum absolute atomic E-state index is 0.0304. The Balaban J connectivity index is 3.04. The summed E-state index contributed by atoms with van der Waals surface area (Å²) in [6.07, 6.45) is 3.26. The van der Waals surface area contributed by atoms with Crippen LogP contribution >= 0.6 is 15.9 Å². The van der Waals surface area contributed by atoms with E-state index in [2.05, 4.69) is 25.9 Å². The van der Waals surface area contributed by atoms with E-state index in [0.717, 1.165) is 4.47 Å². The summed E-state index contributed by atoms with van der Waals surface area (Å²) in [4.78, 5) is 8.06. The normalized spacial score (nSPS) is 11.6. The fourth-order valence-corrected chi connectivity index (χ4v) is 1.01. The van der Waals surface area contributed by atoms with E-state index in [1.807, 2.05) is 0 Å². The van der Waals surface area contributed by atoms with Gasteiger partial charge in [-0.25, -0.2) is 4.21 Å². The molecule has 0 aliphatic rings. The van der Waals surface area contributed by atoms with Crippen molar-refractivity contribution in [2.24, 2.45) is 0 Å². The summed E-state index contributed by atoms with van der Waals surface area (Å²) >= 11 is 3.19. The highest BCUT2D eigenvalue weighted by Crippen LogP contribution is 2.13. The van der Waals surface area contributed by atoms with Gasteiger partial charge in [-0.1, -0.05) is 0 Å². The predicted molar refractivity (Wildman–Crippen MR) is 52.9 cm³/mol. The second-order valence-corrected chi connectivity index (χ2v) is 4.76. The number of halogens is 1. The van der Waals surface area contributed by atoms with Crippen molar-refractivity contribution in [2.75, 3.05) is 14.1 Å². The molecular formula is C6H9BrN3OS+. The number of hydrogen-bond acceptors (Lipinski definition) is 3. The van der Waals surface area contributed by atoms with Crippen molar-refractivity contribution in [3.63, 3.8) is 0 Å². The largest absolute Gasteiger partial charge is 0.342 e. The van der Waals surface area contributed by atoms with Crippen LogP contribution < -0.4 is 3.89 Å². The van der Waals surface area contributed by atoms with Gasteiger partial charge >= 0.3 is 5.95 Å². The molecule has 0 atom stereocenters. The maximum absolute atomic E-state index is 10.7. The summed E-state index contributed by atoms with van der Waals surface area (Å²) < 4.78 is 11.6. The van der Waals surface area contributed by atoms with E-state index in [4.69, 9.17) is 0 Å². The fourth-order valence-electron chi connectivity index (χ4n) is 0.625. The van der Waals surface area contributed by atoms with E-state index in [1.54, 1.807) is 26.5 Å². The Bertz CT molecular complexity index is 287. The molecule has 0 amide bonds. The first kappa shape index (κ1) is 9.76. The number of rotatable bonds is 2. The van der Waals surface area contributed by atoms with E-state index in [9.17, 15) is 4.21 Å². The van der Waals surface area contributed by atoms with Crippen molar-refractivity contribution in [2.45, 2.75) is 0 Å². The summed E-state index contributed by atoms with van der Waals surface area (Å²) in [7, 11) is 3.52. The fraction of sp³-hybridized carbons (Fsp3) is 0.333. The van der Waals surface area contributed by atoms with Crippen LogP contribution in [-0.4, -0.2) is 28.3 Å². The lowest BCUT2D eigenvalue weighted by Gasteiger charge is -2.16. The van der Waals surface area contributed by atoms with Gasteiger partial charge in [0, 0.05) is 0 Å². The Morgan fingerprint density at radius 2 is 1.92 bits per heavy atom. The molecule has 66 valence electrons. The van der Waals surface area contributed by atoms with Gasteiger partial charge in [0.1, 0.15) is 0 Å². The summed E-state index contributed by atoms with van der Waals surface area (Å²) in [6.45, 7) is 0. The average Bonchev–Trinajstić information content (AvgIpc) is 2.05. The zero-order chi connectivity index (χ0) is 9.19. The first-order valence-electron chi connectivity index (χ1n) is 3.23. The Kier molecular flexibility index (Phi) is 2.92. The van der Waals surface area contributed by atoms with Gasteiger partial charge in [-0.15, -0.1) is 0 Å². The molecule has 0 aliphatic carbocycles. The molecular weight excluding hydrogens is 242 g/mol. The summed E-state index contributed by atoms with van der Waals surface area (Å²) in [5, 5.41) is 0. The zero-order valence-electron chi connectivity index (χ0n) is 6.73. The monoisotopic (exact) mass is 250 g/mol. The van der Waals surface area contributed by atoms with E-state index in [-0.39, 0.29) is 15.7 Å². The zero-order valence-corrected chi connectivity index (χ0v) is 9.21. The van der Waals surface area contributed by atoms with Gasteiger partial charge < -0.3 is 0 Å². The van der Waals surface area contributed by atoms with E-state index >= 15 is 0 Å². The van der Waals surface area contributed by atoms with Gasteiger partial charge in [0.05, 0.1) is 31.0 Å². The van der Waals surface area contributed by atoms with Gasteiger partial charge in [-0.05, 0) is 15.9 Å². The quantitative estimate of drug-likeness (QED) is 0.620. The van der Waals surface area contributed by atoms with Gasteiger partial charge in [0.25, 0.3) is 0 Å². The average molecular weight is 251 g/mol. The van der Waals surface area contributed by atoms with Gasteiger partial charge in [-0.3, -0.25) is 0 Å². The van der Waals surface area contributed by atoms with E-state index < -0.39 is 0 Å². The molecule has 0 fully saturated rings. The first-order valence-corrected chi connectivity index (χ1v) is 4.79. The molecule has 0 radical (unpaired) electrons. The number of hydrogen-bond donors (Lipinski definition) is 1. The lowest BCUT2D eigenvalue weighted by atomic mass is 10.6. The number of nitrogens with zero attached hydrogens (tertiary/aromatic N) is 3. The standard InChI is InChI=1S/C6H9BrN3OS/c1-10(2,12-11)6-8-3-5(7)4-9-6/h3-4,12H,1-2H3/q+1. The molecule has 4 nitrogen and oxygen atoms in total. The molecule has 0 aromatic carbocycles. The van der Waals surface area contributed by atoms with Crippen molar-refractivity contribution >= 4 is 33.7 Å². The van der Waals surface area contributed by atoms with Crippen LogP contribution in [-0.2, 0) is 11.9 Å². The third kappa shape index (κ3) is 2.09. The van der Waals surface area contributed by atoms with Gasteiger partial charge in [0.15, 0.2) is 0 Å². The smallest absolute Gasteiger partial charge is 0.200 e. The van der Waals surface area contributed by atoms with Crippen LogP contribution in [0.5, 0.6) is 0 Å².